The van der Waals surface area contributed by atoms with Crippen molar-refractivity contribution in [2.24, 2.45) is 11.5 Å². The van der Waals surface area contributed by atoms with Crippen LogP contribution in [0, 0.1) is 0 Å². The summed E-state index contributed by atoms with van der Waals surface area (Å²) < 4.78 is 22.2. The zero-order chi connectivity index (χ0) is 18.4. The molecule has 0 aliphatic rings. The predicted molar refractivity (Wildman–Crippen MR) is 103 cm³/mol. The average Bonchev–Trinajstić information content (AvgIpc) is 2.62. The molecule has 25 heavy (non-hydrogen) atoms. The molecule has 5 nitrogen and oxygen atoms in total. The summed E-state index contributed by atoms with van der Waals surface area (Å²) in [6.07, 6.45) is 0. The first kappa shape index (κ1) is 19.9. The van der Waals surface area contributed by atoms with Crippen LogP contribution >= 0.6 is 11.8 Å². The SMILES string of the molecule is [B][S+]([O-])c1ccc(C(SCC(N)C(N)=O)c2ccc([S+]=O)cc2)cc1. The Hall–Kier alpha value is -1.39. The van der Waals surface area contributed by atoms with Crippen LogP contribution in [0.25, 0.3) is 0 Å². The summed E-state index contributed by atoms with van der Waals surface area (Å²) in [5, 5.41) is -0.114. The Morgan fingerprint density at radius 1 is 1.16 bits per heavy atom. The smallest absolute Gasteiger partial charge is 0.505 e. The predicted octanol–water partition coefficient (Wildman–Crippen LogP) is 1.30. The van der Waals surface area contributed by atoms with Crippen LogP contribution in [0.15, 0.2) is 58.3 Å². The Balaban J connectivity index is 2.29. The largest absolute Gasteiger partial charge is 0.631 e. The summed E-state index contributed by atoms with van der Waals surface area (Å²) in [5.41, 5.74) is 12.9. The fraction of sp³-hybridized carbons (Fsp3) is 0.188. The number of carbonyl (C=O) groups is 1. The number of thioether (sulfide) groups is 1. The molecule has 2 radical (unpaired) electrons. The van der Waals surface area contributed by atoms with E-state index in [1.807, 2.05) is 24.3 Å². The molecule has 0 saturated carbocycles. The molecule has 4 N–H and O–H groups in total. The summed E-state index contributed by atoms with van der Waals surface area (Å²) in [7, 11) is 5.38. The highest BCUT2D eigenvalue weighted by Gasteiger charge is 2.20. The minimum Gasteiger partial charge on any atom is -0.631 e. The van der Waals surface area contributed by atoms with Crippen molar-refractivity contribution in [2.75, 3.05) is 5.75 Å². The number of amides is 1. The van der Waals surface area contributed by atoms with Crippen LogP contribution < -0.4 is 11.5 Å². The fourth-order valence-electron chi connectivity index (χ4n) is 2.14. The van der Waals surface area contributed by atoms with Gasteiger partial charge in [-0.05, 0) is 23.3 Å². The Bertz CT molecular complexity index is 726. The van der Waals surface area contributed by atoms with Gasteiger partial charge in [0.25, 0.3) is 4.90 Å². The van der Waals surface area contributed by atoms with Gasteiger partial charge >= 0.3 is 18.8 Å². The van der Waals surface area contributed by atoms with Gasteiger partial charge in [0.05, 0.1) is 11.3 Å². The molecule has 0 bridgehead atoms. The van der Waals surface area contributed by atoms with Gasteiger partial charge in [-0.1, -0.05) is 35.3 Å². The van der Waals surface area contributed by atoms with Gasteiger partial charge in [-0.2, -0.15) is 0 Å². The molecule has 9 heteroatoms. The monoisotopic (exact) mass is 391 g/mol. The average molecular weight is 391 g/mol. The number of hydrogen-bond acceptors (Lipinski definition) is 5. The third-order valence-corrected chi connectivity index (χ3v) is 6.13. The Kier molecular flexibility index (Phi) is 7.46. The third kappa shape index (κ3) is 5.55. The quantitative estimate of drug-likeness (QED) is 0.521. The van der Waals surface area contributed by atoms with E-state index in [4.69, 9.17) is 18.6 Å². The number of nitrogens with two attached hydrogens (primary N) is 2. The zero-order valence-corrected chi connectivity index (χ0v) is 15.6. The summed E-state index contributed by atoms with van der Waals surface area (Å²) >= 11 is 0.359. The molecular weight excluding hydrogens is 375 g/mol. The van der Waals surface area contributed by atoms with E-state index >= 15 is 0 Å². The van der Waals surface area contributed by atoms with Crippen molar-refractivity contribution in [3.05, 3.63) is 59.7 Å². The van der Waals surface area contributed by atoms with Gasteiger partial charge in [-0.15, -0.1) is 11.8 Å². The van der Waals surface area contributed by atoms with E-state index in [0.29, 0.717) is 27.2 Å². The molecule has 0 fully saturated rings. The standard InChI is InChI=1S/C16H15BN2O3S3/c17-25(22)13-7-3-11(4-8-13)15(23-9-14(18)16(19)20)10-1-5-12(24-21)6-2-10/h1-8,14-15H,9,18H2,(H-,19,20)/p+1. The Morgan fingerprint density at radius 2 is 1.68 bits per heavy atom. The van der Waals surface area contributed by atoms with Gasteiger partial charge in [0.1, 0.15) is 4.90 Å². The van der Waals surface area contributed by atoms with Crippen molar-refractivity contribution in [1.82, 2.24) is 0 Å². The van der Waals surface area contributed by atoms with Gasteiger partial charge in [0, 0.05) is 22.1 Å². The van der Waals surface area contributed by atoms with Gasteiger partial charge in [0.15, 0.2) is 0 Å². The normalized spacial score (nSPS) is 14.5. The van der Waals surface area contributed by atoms with E-state index in [2.05, 4.69) is 0 Å². The first-order valence-corrected chi connectivity index (χ1v) is 10.2. The van der Waals surface area contributed by atoms with Crippen LogP contribution in [0.5, 0.6) is 0 Å². The second kappa shape index (κ2) is 9.35. The van der Waals surface area contributed by atoms with E-state index in [1.54, 1.807) is 24.3 Å². The highest BCUT2D eigenvalue weighted by molar-refractivity contribution is 8.12. The third-order valence-electron chi connectivity index (χ3n) is 3.50. The van der Waals surface area contributed by atoms with Crippen molar-refractivity contribution >= 4 is 47.5 Å². The van der Waals surface area contributed by atoms with Gasteiger partial charge < -0.3 is 16.0 Å². The maximum atomic E-state index is 11.3. The second-order valence-corrected chi connectivity index (χ2v) is 8.08. The molecule has 0 aliphatic carbocycles. The molecule has 0 saturated heterocycles. The van der Waals surface area contributed by atoms with E-state index in [1.165, 1.54) is 11.8 Å². The zero-order valence-electron chi connectivity index (χ0n) is 13.2. The van der Waals surface area contributed by atoms with Gasteiger partial charge in [0.2, 0.25) is 5.91 Å². The highest BCUT2D eigenvalue weighted by atomic mass is 32.2. The number of carbonyl (C=O) groups excluding carboxylic acids is 1. The van der Waals surface area contributed by atoms with Crippen LogP contribution in [-0.4, -0.2) is 29.4 Å². The first-order valence-electron chi connectivity index (χ1n) is 7.24. The molecule has 128 valence electrons. The van der Waals surface area contributed by atoms with Crippen molar-refractivity contribution in [2.45, 2.75) is 21.1 Å². The van der Waals surface area contributed by atoms with Gasteiger partial charge in [-0.3, -0.25) is 4.79 Å². The van der Waals surface area contributed by atoms with Crippen LogP contribution in [0.3, 0.4) is 0 Å². The van der Waals surface area contributed by atoms with E-state index in [-0.39, 0.29) is 5.25 Å². The lowest BCUT2D eigenvalue weighted by molar-refractivity contribution is -0.118. The molecular formula is C16H16BN2O3S3+. The van der Waals surface area contributed by atoms with E-state index in [9.17, 15) is 13.6 Å². The maximum Gasteiger partial charge on any atom is 0.505 e. The Morgan fingerprint density at radius 3 is 2.12 bits per heavy atom. The molecule has 2 aromatic carbocycles. The lowest BCUT2D eigenvalue weighted by Crippen LogP contribution is -2.38. The summed E-state index contributed by atoms with van der Waals surface area (Å²) in [5.74, 6) is -0.207. The lowest BCUT2D eigenvalue weighted by Gasteiger charge is -2.19. The number of primary amides is 1. The molecule has 3 unspecified atom stereocenters. The second-order valence-electron chi connectivity index (χ2n) is 5.24. The van der Waals surface area contributed by atoms with Crippen molar-refractivity contribution in [3.63, 3.8) is 0 Å². The number of rotatable bonds is 8. The summed E-state index contributed by atoms with van der Waals surface area (Å²) in [4.78, 5) is 12.3. The molecule has 0 heterocycles. The molecule has 0 spiro atoms. The Labute approximate surface area is 158 Å². The van der Waals surface area contributed by atoms with Crippen LogP contribution in [-0.2, 0) is 31.7 Å². The molecule has 2 rings (SSSR count). The molecule has 1 amide bonds. The molecule has 3 atom stereocenters. The topological polar surface area (TPSA) is 109 Å². The van der Waals surface area contributed by atoms with Crippen LogP contribution in [0.2, 0.25) is 0 Å². The minimum atomic E-state index is -1.54. The van der Waals surface area contributed by atoms with Gasteiger partial charge in [-0.25, -0.2) is 0 Å². The van der Waals surface area contributed by atoms with Crippen molar-refractivity contribution < 1.29 is 13.6 Å². The van der Waals surface area contributed by atoms with E-state index in [0.717, 1.165) is 11.1 Å². The number of benzene rings is 2. The van der Waals surface area contributed by atoms with Crippen molar-refractivity contribution in [1.29, 1.82) is 0 Å². The fourth-order valence-corrected chi connectivity index (χ4v) is 4.06. The van der Waals surface area contributed by atoms with Crippen molar-refractivity contribution in [3.8, 4) is 0 Å². The summed E-state index contributed by atoms with van der Waals surface area (Å²) in [6, 6.07) is 13.6. The van der Waals surface area contributed by atoms with E-state index < -0.39 is 23.0 Å². The van der Waals surface area contributed by atoms with Crippen LogP contribution in [0.1, 0.15) is 16.4 Å². The summed E-state index contributed by atoms with van der Waals surface area (Å²) in [6.45, 7) is 0. The maximum absolute atomic E-state index is 11.3. The molecule has 0 aromatic heterocycles. The highest BCUT2D eigenvalue weighted by Crippen LogP contribution is 2.36. The van der Waals surface area contributed by atoms with Crippen LogP contribution in [0.4, 0.5) is 0 Å². The molecule has 0 aliphatic heterocycles. The number of hydrogen-bond donors (Lipinski definition) is 2. The molecule has 2 aromatic rings. The minimum absolute atomic E-state index is 0.114. The first-order chi connectivity index (χ1) is 11.9. The lowest BCUT2D eigenvalue weighted by atomic mass is 10.0.